The summed E-state index contributed by atoms with van der Waals surface area (Å²) in [4.78, 5) is 7.20. The molecule has 3 aliphatic heterocycles. The zero-order chi connectivity index (χ0) is 19.9. The lowest BCUT2D eigenvalue weighted by Crippen LogP contribution is -2.37. The van der Waals surface area contributed by atoms with Crippen LogP contribution in [0.1, 0.15) is 39.1 Å². The van der Waals surface area contributed by atoms with E-state index in [-0.39, 0.29) is 0 Å². The van der Waals surface area contributed by atoms with E-state index in [0.717, 1.165) is 52.0 Å². The molecule has 1 atom stereocenters. The Bertz CT molecular complexity index is 1070. The largest absolute Gasteiger partial charge is 0.363 e. The monoisotopic (exact) mass is 396 g/mol. The molecule has 0 aliphatic carbocycles. The lowest BCUT2D eigenvalue weighted by molar-refractivity contribution is 0.476. The number of pyridine rings is 1. The van der Waals surface area contributed by atoms with Crippen LogP contribution in [0.3, 0.4) is 0 Å². The summed E-state index contributed by atoms with van der Waals surface area (Å²) >= 11 is 0. The van der Waals surface area contributed by atoms with Crippen LogP contribution in [0, 0.1) is 0 Å². The van der Waals surface area contributed by atoms with E-state index in [1.807, 2.05) is 0 Å². The first-order chi connectivity index (χ1) is 14.8. The fourth-order valence-electron chi connectivity index (χ4n) is 5.21. The summed E-state index contributed by atoms with van der Waals surface area (Å²) in [5.41, 5.74) is 11.2. The van der Waals surface area contributed by atoms with Crippen LogP contribution >= 0.6 is 0 Å². The van der Waals surface area contributed by atoms with Crippen molar-refractivity contribution in [1.82, 2.24) is 15.6 Å². The molecular formula is C26H28N4. The van der Waals surface area contributed by atoms with E-state index < -0.39 is 0 Å². The Balaban J connectivity index is 1.15. The molecule has 6 rings (SSSR count). The summed E-state index contributed by atoms with van der Waals surface area (Å²) in [6.45, 7) is 4.97. The van der Waals surface area contributed by atoms with Crippen LogP contribution in [0.5, 0.6) is 0 Å². The van der Waals surface area contributed by atoms with E-state index in [4.69, 9.17) is 4.98 Å². The van der Waals surface area contributed by atoms with Crippen LogP contribution in [-0.2, 0) is 45.4 Å². The number of benzene rings is 2. The average molecular weight is 397 g/mol. The summed E-state index contributed by atoms with van der Waals surface area (Å²) in [6.07, 6.45) is 5.32. The third kappa shape index (κ3) is 3.40. The molecule has 0 spiro atoms. The molecular weight excluding hydrogens is 368 g/mol. The van der Waals surface area contributed by atoms with Gasteiger partial charge in [-0.2, -0.15) is 0 Å². The van der Waals surface area contributed by atoms with Gasteiger partial charge in [-0.3, -0.25) is 4.98 Å². The number of fused-ring (bicyclic) bond motifs is 3. The molecule has 4 nitrogen and oxygen atoms in total. The highest BCUT2D eigenvalue weighted by Crippen LogP contribution is 2.31. The van der Waals surface area contributed by atoms with Crippen molar-refractivity contribution in [2.45, 2.75) is 51.5 Å². The molecule has 4 heterocycles. The summed E-state index contributed by atoms with van der Waals surface area (Å²) in [7, 11) is 0. The van der Waals surface area contributed by atoms with E-state index in [9.17, 15) is 0 Å². The standard InChI is InChI=1S/C26H28N4/c1-2-4-22-17-30(16-21(22)3-1)25-6-5-19-11-24(28-14-23(19)12-25)10-18-9-20-7-8-27-15-26(20)29-13-18/h1-6,9,12-13,24,27-28H,7-8,10-11,14-17H2. The van der Waals surface area contributed by atoms with E-state index >= 15 is 0 Å². The number of aromatic nitrogens is 1. The summed E-state index contributed by atoms with van der Waals surface area (Å²) in [5, 5.41) is 7.18. The molecule has 30 heavy (non-hydrogen) atoms. The molecule has 0 amide bonds. The molecule has 0 saturated carbocycles. The number of nitrogens with zero attached hydrogens (tertiary/aromatic N) is 2. The first-order valence-corrected chi connectivity index (χ1v) is 11.2. The van der Waals surface area contributed by atoms with Crippen LogP contribution in [-0.4, -0.2) is 17.6 Å². The number of anilines is 1. The molecule has 1 aromatic heterocycles. The van der Waals surface area contributed by atoms with Gasteiger partial charge in [0.15, 0.2) is 0 Å². The van der Waals surface area contributed by atoms with Gasteiger partial charge in [-0.05, 0) is 71.3 Å². The average Bonchev–Trinajstić information content (AvgIpc) is 3.23. The topological polar surface area (TPSA) is 40.2 Å². The quantitative estimate of drug-likeness (QED) is 0.711. The highest BCUT2D eigenvalue weighted by molar-refractivity contribution is 5.55. The van der Waals surface area contributed by atoms with Crippen molar-refractivity contribution in [2.24, 2.45) is 0 Å². The van der Waals surface area contributed by atoms with Gasteiger partial charge in [-0.15, -0.1) is 0 Å². The fourth-order valence-corrected chi connectivity index (χ4v) is 5.21. The summed E-state index contributed by atoms with van der Waals surface area (Å²) < 4.78 is 0. The Morgan fingerprint density at radius 1 is 0.900 bits per heavy atom. The van der Waals surface area contributed by atoms with E-state index in [1.54, 1.807) is 0 Å². The van der Waals surface area contributed by atoms with Gasteiger partial charge >= 0.3 is 0 Å². The van der Waals surface area contributed by atoms with Gasteiger partial charge in [-0.25, -0.2) is 0 Å². The molecule has 0 saturated heterocycles. The molecule has 4 heteroatoms. The zero-order valence-electron chi connectivity index (χ0n) is 17.3. The Morgan fingerprint density at radius 3 is 2.63 bits per heavy atom. The SMILES string of the molecule is c1ccc2c(c1)CN(c1ccc3c(c1)CNC(Cc1cnc4c(c1)CCNC4)C3)C2. The lowest BCUT2D eigenvalue weighted by Gasteiger charge is -2.28. The molecule has 2 aromatic carbocycles. The fraction of sp³-hybridized carbons (Fsp3) is 0.346. The van der Waals surface area contributed by atoms with E-state index in [2.05, 4.69) is 70.3 Å². The maximum Gasteiger partial charge on any atom is 0.0574 e. The van der Waals surface area contributed by atoms with Gasteiger partial charge in [0.2, 0.25) is 0 Å². The van der Waals surface area contributed by atoms with E-state index in [1.165, 1.54) is 44.8 Å². The van der Waals surface area contributed by atoms with Crippen LogP contribution in [0.25, 0.3) is 0 Å². The smallest absolute Gasteiger partial charge is 0.0574 e. The summed E-state index contributed by atoms with van der Waals surface area (Å²) in [5.74, 6) is 0. The van der Waals surface area contributed by atoms with Gasteiger partial charge in [0.05, 0.1) is 5.69 Å². The highest BCUT2D eigenvalue weighted by atomic mass is 15.1. The zero-order valence-corrected chi connectivity index (χ0v) is 17.3. The first kappa shape index (κ1) is 18.1. The van der Waals surface area contributed by atoms with Crippen molar-refractivity contribution in [3.63, 3.8) is 0 Å². The summed E-state index contributed by atoms with van der Waals surface area (Å²) in [6, 6.07) is 18.8. The second kappa shape index (κ2) is 7.53. The third-order valence-electron chi connectivity index (χ3n) is 6.91. The Morgan fingerprint density at radius 2 is 1.77 bits per heavy atom. The van der Waals surface area contributed by atoms with Crippen molar-refractivity contribution in [3.05, 3.63) is 93.8 Å². The predicted molar refractivity (Wildman–Crippen MR) is 120 cm³/mol. The number of hydrogen-bond donors (Lipinski definition) is 2. The molecule has 3 aliphatic rings. The van der Waals surface area contributed by atoms with Crippen molar-refractivity contribution >= 4 is 5.69 Å². The minimum atomic E-state index is 0.487. The van der Waals surface area contributed by atoms with Crippen molar-refractivity contribution < 1.29 is 0 Å². The highest BCUT2D eigenvalue weighted by Gasteiger charge is 2.23. The normalized spacial score (nSPS) is 19.9. The van der Waals surface area contributed by atoms with Crippen LogP contribution < -0.4 is 15.5 Å². The molecule has 0 fully saturated rings. The van der Waals surface area contributed by atoms with Gasteiger partial charge in [0.1, 0.15) is 0 Å². The van der Waals surface area contributed by atoms with E-state index in [0.29, 0.717) is 6.04 Å². The minimum Gasteiger partial charge on any atom is -0.363 e. The third-order valence-corrected chi connectivity index (χ3v) is 6.91. The number of nitrogens with one attached hydrogen (secondary N) is 2. The molecule has 3 aromatic rings. The van der Waals surface area contributed by atoms with Crippen molar-refractivity contribution in [3.8, 4) is 0 Å². The second-order valence-electron chi connectivity index (χ2n) is 8.94. The lowest BCUT2D eigenvalue weighted by atomic mass is 9.91. The second-order valence-corrected chi connectivity index (χ2v) is 8.94. The van der Waals surface area contributed by atoms with Crippen molar-refractivity contribution in [1.29, 1.82) is 0 Å². The van der Waals surface area contributed by atoms with Crippen LogP contribution in [0.2, 0.25) is 0 Å². The van der Waals surface area contributed by atoms with Gasteiger partial charge in [0.25, 0.3) is 0 Å². The number of hydrogen-bond acceptors (Lipinski definition) is 4. The maximum atomic E-state index is 4.71. The molecule has 2 N–H and O–H groups in total. The Labute approximate surface area is 178 Å². The predicted octanol–water partition coefficient (Wildman–Crippen LogP) is 3.50. The van der Waals surface area contributed by atoms with Gasteiger partial charge in [-0.1, -0.05) is 36.4 Å². The van der Waals surface area contributed by atoms with Gasteiger partial charge in [0, 0.05) is 44.1 Å². The molecule has 152 valence electrons. The molecule has 1 unspecified atom stereocenters. The van der Waals surface area contributed by atoms with Crippen molar-refractivity contribution in [2.75, 3.05) is 11.4 Å². The maximum absolute atomic E-state index is 4.71. The van der Waals surface area contributed by atoms with Crippen LogP contribution in [0.4, 0.5) is 5.69 Å². The van der Waals surface area contributed by atoms with Crippen LogP contribution in [0.15, 0.2) is 54.7 Å². The molecule has 0 radical (unpaired) electrons. The Hall–Kier alpha value is -2.69. The number of rotatable bonds is 3. The minimum absolute atomic E-state index is 0.487. The van der Waals surface area contributed by atoms with Gasteiger partial charge < -0.3 is 15.5 Å². The first-order valence-electron chi connectivity index (χ1n) is 11.2. The Kier molecular flexibility index (Phi) is 4.55. The molecule has 0 bridgehead atoms.